The van der Waals surface area contributed by atoms with Crippen LogP contribution >= 0.6 is 0 Å². The van der Waals surface area contributed by atoms with Crippen LogP contribution in [0.5, 0.6) is 5.75 Å². The quantitative estimate of drug-likeness (QED) is 0.592. The van der Waals surface area contributed by atoms with Gasteiger partial charge in [0.1, 0.15) is 17.1 Å². The largest absolute Gasteiger partial charge is 0.493 e. The number of rotatable bonds is 8. The number of benzene rings is 1. The van der Waals surface area contributed by atoms with E-state index in [1.807, 2.05) is 0 Å². The number of unbranched alkanes of at least 4 members (excludes halogenated alkanes) is 1. The lowest BCUT2D eigenvalue weighted by atomic mass is 9.96. The van der Waals surface area contributed by atoms with Gasteiger partial charge in [0.15, 0.2) is 0 Å². The van der Waals surface area contributed by atoms with Crippen molar-refractivity contribution in [1.29, 1.82) is 0 Å². The van der Waals surface area contributed by atoms with Crippen LogP contribution in [-0.4, -0.2) is 24.7 Å². The van der Waals surface area contributed by atoms with Crippen LogP contribution in [0.3, 0.4) is 0 Å². The number of nitrogens with two attached hydrogens (primary N) is 1. The maximum Gasteiger partial charge on any atom is 0.325 e. The summed E-state index contributed by atoms with van der Waals surface area (Å²) in [6, 6.07) is 4.80. The van der Waals surface area contributed by atoms with Gasteiger partial charge in [-0.1, -0.05) is 6.07 Å². The van der Waals surface area contributed by atoms with Gasteiger partial charge < -0.3 is 15.2 Å². The topological polar surface area (TPSA) is 61.5 Å². The molecule has 0 heterocycles. The molecular weight excluding hydrogens is 273 g/mol. The molecule has 1 rings (SSSR count). The van der Waals surface area contributed by atoms with E-state index >= 15 is 0 Å². The molecule has 2 N–H and O–H groups in total. The lowest BCUT2D eigenvalue weighted by molar-refractivity contribution is -0.149. The predicted molar refractivity (Wildman–Crippen MR) is 79.7 cm³/mol. The molecule has 0 saturated carbocycles. The van der Waals surface area contributed by atoms with Crippen molar-refractivity contribution >= 4 is 5.97 Å². The molecule has 0 spiro atoms. The third-order valence-electron chi connectivity index (χ3n) is 3.24. The summed E-state index contributed by atoms with van der Waals surface area (Å²) in [6.45, 7) is 5.91. The van der Waals surface area contributed by atoms with E-state index in [0.717, 1.165) is 12.8 Å². The average molecular weight is 297 g/mol. The summed E-state index contributed by atoms with van der Waals surface area (Å²) in [5.41, 5.74) is 5.54. The number of carbonyl (C=O) groups is 1. The summed E-state index contributed by atoms with van der Waals surface area (Å²) in [5, 5.41) is 0. The molecule has 1 aromatic carbocycles. The Labute approximate surface area is 125 Å². The fourth-order valence-electron chi connectivity index (χ4n) is 1.85. The highest BCUT2D eigenvalue weighted by atomic mass is 19.1. The smallest absolute Gasteiger partial charge is 0.325 e. The molecule has 0 aliphatic carbocycles. The van der Waals surface area contributed by atoms with Crippen LogP contribution in [0.15, 0.2) is 18.2 Å². The molecule has 0 radical (unpaired) electrons. The van der Waals surface area contributed by atoms with Crippen molar-refractivity contribution in [2.75, 3.05) is 13.2 Å². The van der Waals surface area contributed by atoms with E-state index in [2.05, 4.69) is 0 Å². The number of ether oxygens (including phenoxy) is 2. The van der Waals surface area contributed by atoms with Gasteiger partial charge in [-0.05, 0) is 51.7 Å². The van der Waals surface area contributed by atoms with E-state index in [1.54, 1.807) is 32.9 Å². The first-order valence-corrected chi connectivity index (χ1v) is 7.22. The SMILES string of the molecule is CCOC(=O)C(C)(N)CCCCOc1ccc(C)c(F)c1. The van der Waals surface area contributed by atoms with Crippen molar-refractivity contribution in [1.82, 2.24) is 0 Å². The number of aryl methyl sites for hydroxylation is 1. The van der Waals surface area contributed by atoms with Crippen molar-refractivity contribution in [2.45, 2.75) is 45.6 Å². The van der Waals surface area contributed by atoms with Crippen molar-refractivity contribution < 1.29 is 18.7 Å². The van der Waals surface area contributed by atoms with Crippen LogP contribution in [0, 0.1) is 12.7 Å². The van der Waals surface area contributed by atoms with Crippen LogP contribution < -0.4 is 10.5 Å². The molecule has 21 heavy (non-hydrogen) atoms. The lowest BCUT2D eigenvalue weighted by Crippen LogP contribution is -2.46. The highest BCUT2D eigenvalue weighted by Crippen LogP contribution is 2.17. The fourth-order valence-corrected chi connectivity index (χ4v) is 1.85. The van der Waals surface area contributed by atoms with Crippen LogP contribution in [0.4, 0.5) is 4.39 Å². The van der Waals surface area contributed by atoms with Crippen molar-refractivity contribution in [2.24, 2.45) is 5.73 Å². The van der Waals surface area contributed by atoms with E-state index in [-0.39, 0.29) is 11.8 Å². The molecule has 1 atom stereocenters. The minimum Gasteiger partial charge on any atom is -0.493 e. The molecule has 0 bridgehead atoms. The molecule has 1 unspecified atom stereocenters. The summed E-state index contributed by atoms with van der Waals surface area (Å²) in [7, 11) is 0. The van der Waals surface area contributed by atoms with Crippen molar-refractivity contribution in [3.8, 4) is 5.75 Å². The van der Waals surface area contributed by atoms with Crippen LogP contribution in [-0.2, 0) is 9.53 Å². The molecular formula is C16H24FNO3. The fraction of sp³-hybridized carbons (Fsp3) is 0.562. The minimum atomic E-state index is -0.966. The van der Waals surface area contributed by atoms with Crippen LogP contribution in [0.2, 0.25) is 0 Å². The molecule has 5 heteroatoms. The highest BCUT2D eigenvalue weighted by Gasteiger charge is 2.28. The van der Waals surface area contributed by atoms with Gasteiger partial charge >= 0.3 is 5.97 Å². The number of carbonyl (C=O) groups excluding carboxylic acids is 1. The van der Waals surface area contributed by atoms with E-state index in [1.165, 1.54) is 6.07 Å². The number of hydrogen-bond donors (Lipinski definition) is 1. The third-order valence-corrected chi connectivity index (χ3v) is 3.24. The molecule has 0 aliphatic heterocycles. The molecule has 0 amide bonds. The zero-order valence-corrected chi connectivity index (χ0v) is 12.9. The Bertz CT molecular complexity index is 475. The normalized spacial score (nSPS) is 13.6. The highest BCUT2D eigenvalue weighted by molar-refractivity contribution is 5.79. The average Bonchev–Trinajstić information content (AvgIpc) is 2.42. The summed E-state index contributed by atoms with van der Waals surface area (Å²) in [6.07, 6.45) is 2.00. The van der Waals surface area contributed by atoms with E-state index in [9.17, 15) is 9.18 Å². The molecule has 1 aromatic rings. The Balaban J connectivity index is 2.28. The molecule has 0 fully saturated rings. The molecule has 4 nitrogen and oxygen atoms in total. The van der Waals surface area contributed by atoms with Crippen molar-refractivity contribution in [3.63, 3.8) is 0 Å². The maximum absolute atomic E-state index is 13.3. The summed E-state index contributed by atoms with van der Waals surface area (Å²) < 4.78 is 23.7. The van der Waals surface area contributed by atoms with Gasteiger partial charge in [0.2, 0.25) is 0 Å². The van der Waals surface area contributed by atoms with Gasteiger partial charge in [-0.3, -0.25) is 4.79 Å². The zero-order valence-electron chi connectivity index (χ0n) is 12.9. The van der Waals surface area contributed by atoms with Crippen LogP contribution in [0.25, 0.3) is 0 Å². The first-order valence-electron chi connectivity index (χ1n) is 7.22. The Hall–Kier alpha value is -1.62. The van der Waals surface area contributed by atoms with E-state index in [0.29, 0.717) is 30.9 Å². The maximum atomic E-state index is 13.3. The second-order valence-corrected chi connectivity index (χ2v) is 5.35. The standard InChI is InChI=1S/C16H24FNO3/c1-4-20-15(19)16(3,18)9-5-6-10-21-13-8-7-12(2)14(17)11-13/h7-8,11H,4-6,9-10,18H2,1-3H3. The summed E-state index contributed by atoms with van der Waals surface area (Å²) in [5.74, 6) is -0.144. The molecule has 118 valence electrons. The predicted octanol–water partition coefficient (Wildman–Crippen LogP) is 2.96. The Morgan fingerprint density at radius 1 is 1.38 bits per heavy atom. The molecule has 0 aromatic heterocycles. The van der Waals surface area contributed by atoms with Gasteiger partial charge in [-0.15, -0.1) is 0 Å². The molecule has 0 aliphatic rings. The summed E-state index contributed by atoms with van der Waals surface area (Å²) in [4.78, 5) is 11.6. The van der Waals surface area contributed by atoms with Gasteiger partial charge in [0.05, 0.1) is 13.2 Å². The van der Waals surface area contributed by atoms with E-state index in [4.69, 9.17) is 15.2 Å². The van der Waals surface area contributed by atoms with Crippen LogP contribution in [0.1, 0.15) is 38.7 Å². The first-order chi connectivity index (χ1) is 9.86. The Morgan fingerprint density at radius 3 is 2.71 bits per heavy atom. The van der Waals surface area contributed by atoms with Gasteiger partial charge in [-0.25, -0.2) is 4.39 Å². The Kier molecular flexibility index (Phi) is 6.62. The minimum absolute atomic E-state index is 0.274. The van der Waals surface area contributed by atoms with Gasteiger partial charge in [0, 0.05) is 6.07 Å². The number of hydrogen-bond acceptors (Lipinski definition) is 4. The van der Waals surface area contributed by atoms with E-state index < -0.39 is 5.54 Å². The van der Waals surface area contributed by atoms with Gasteiger partial charge in [0.25, 0.3) is 0 Å². The second kappa shape index (κ2) is 7.98. The monoisotopic (exact) mass is 297 g/mol. The number of halogens is 1. The molecule has 0 saturated heterocycles. The summed E-state index contributed by atoms with van der Waals surface area (Å²) >= 11 is 0. The second-order valence-electron chi connectivity index (χ2n) is 5.35. The van der Waals surface area contributed by atoms with Gasteiger partial charge in [-0.2, -0.15) is 0 Å². The number of esters is 1. The van der Waals surface area contributed by atoms with Crippen molar-refractivity contribution in [3.05, 3.63) is 29.6 Å². The first kappa shape index (κ1) is 17.4. The third kappa shape index (κ3) is 5.71. The zero-order chi connectivity index (χ0) is 15.9. The lowest BCUT2D eigenvalue weighted by Gasteiger charge is -2.21. The Morgan fingerprint density at radius 2 is 2.10 bits per heavy atom.